The van der Waals surface area contributed by atoms with Gasteiger partial charge < -0.3 is 4.42 Å². The molecule has 0 aliphatic rings. The summed E-state index contributed by atoms with van der Waals surface area (Å²) in [5, 5.41) is 12.5. The maximum atomic E-state index is 6.79. The molecule has 0 saturated carbocycles. The number of fused-ring (bicyclic) bond motifs is 10. The topological polar surface area (TPSA) is 13.1 Å². The van der Waals surface area contributed by atoms with Gasteiger partial charge in [0, 0.05) is 36.5 Å². The molecular formula is C48H28OS. The smallest absolute Gasteiger partial charge is 0.144 e. The second-order valence-corrected chi connectivity index (χ2v) is 14.2. The predicted molar refractivity (Wildman–Crippen MR) is 215 cm³/mol. The molecule has 11 aromatic rings. The van der Waals surface area contributed by atoms with Crippen LogP contribution in [-0.4, -0.2) is 0 Å². The van der Waals surface area contributed by atoms with E-state index in [4.69, 9.17) is 4.42 Å². The van der Waals surface area contributed by atoms with Crippen molar-refractivity contribution in [1.29, 1.82) is 0 Å². The molecule has 0 N–H and O–H groups in total. The first-order valence-corrected chi connectivity index (χ1v) is 17.9. The van der Waals surface area contributed by atoms with Crippen molar-refractivity contribution in [2.45, 2.75) is 0 Å². The molecule has 0 unspecified atom stereocenters. The number of para-hydroxylation sites is 1. The lowest BCUT2D eigenvalue weighted by Crippen LogP contribution is -1.91. The van der Waals surface area contributed by atoms with Crippen molar-refractivity contribution in [1.82, 2.24) is 0 Å². The van der Waals surface area contributed by atoms with Crippen LogP contribution < -0.4 is 0 Å². The standard InChI is InChI=1S/C48H28OS/c1-2-14-30(15-3-1)43-35-20-6-8-22-37(35)44(38-23-9-7-21-36(38)43)31-16-12-17-32(27-31)45-46-40(34-19-10-11-24-42(34)49-46)28-41-39-26-25-29-13-4-5-18-33(29)47(39)50-48(41)45/h1-28H. The van der Waals surface area contributed by atoms with E-state index in [1.165, 1.54) is 74.7 Å². The van der Waals surface area contributed by atoms with Crippen molar-refractivity contribution in [3.63, 3.8) is 0 Å². The molecule has 2 heterocycles. The maximum Gasteiger partial charge on any atom is 0.144 e. The molecule has 2 heteroatoms. The molecule has 0 radical (unpaired) electrons. The molecule has 11 rings (SSSR count). The van der Waals surface area contributed by atoms with Crippen LogP contribution in [0.5, 0.6) is 0 Å². The van der Waals surface area contributed by atoms with E-state index in [-0.39, 0.29) is 0 Å². The van der Waals surface area contributed by atoms with Crippen molar-refractivity contribution >= 4 is 85.8 Å². The monoisotopic (exact) mass is 652 g/mol. The van der Waals surface area contributed by atoms with E-state index in [9.17, 15) is 0 Å². The number of furan rings is 1. The minimum absolute atomic E-state index is 0.917. The van der Waals surface area contributed by atoms with Gasteiger partial charge in [-0.05, 0) is 78.3 Å². The minimum atomic E-state index is 0.917. The third kappa shape index (κ3) is 3.94. The summed E-state index contributed by atoms with van der Waals surface area (Å²) in [7, 11) is 0. The van der Waals surface area contributed by atoms with Gasteiger partial charge in [0.1, 0.15) is 11.2 Å². The fourth-order valence-electron chi connectivity index (χ4n) is 8.26. The highest BCUT2D eigenvalue weighted by atomic mass is 32.1. The zero-order valence-electron chi connectivity index (χ0n) is 27.0. The second kappa shape index (κ2) is 10.6. The molecule has 0 aliphatic carbocycles. The molecule has 0 atom stereocenters. The largest absolute Gasteiger partial charge is 0.455 e. The fourth-order valence-corrected chi connectivity index (χ4v) is 9.64. The Bertz CT molecular complexity index is 3090. The van der Waals surface area contributed by atoms with Crippen LogP contribution in [0.1, 0.15) is 0 Å². The van der Waals surface area contributed by atoms with Gasteiger partial charge in [0.25, 0.3) is 0 Å². The van der Waals surface area contributed by atoms with Crippen LogP contribution in [0, 0.1) is 0 Å². The van der Waals surface area contributed by atoms with E-state index in [0.29, 0.717) is 0 Å². The predicted octanol–water partition coefficient (Wildman–Crippen LogP) is 14.4. The summed E-state index contributed by atoms with van der Waals surface area (Å²) in [4.78, 5) is 0. The van der Waals surface area contributed by atoms with Gasteiger partial charge in [-0.2, -0.15) is 0 Å². The van der Waals surface area contributed by atoms with Crippen LogP contribution >= 0.6 is 11.3 Å². The number of hydrogen-bond acceptors (Lipinski definition) is 2. The van der Waals surface area contributed by atoms with Crippen molar-refractivity contribution < 1.29 is 4.42 Å². The summed E-state index contributed by atoms with van der Waals surface area (Å²) >= 11 is 1.88. The van der Waals surface area contributed by atoms with Gasteiger partial charge in [0.05, 0.1) is 0 Å². The Morgan fingerprint density at radius 2 is 0.880 bits per heavy atom. The Hall–Kier alpha value is -6.22. The Labute approximate surface area is 292 Å². The molecule has 0 saturated heterocycles. The first kappa shape index (κ1) is 27.7. The van der Waals surface area contributed by atoms with Crippen molar-refractivity contribution in [3.05, 3.63) is 170 Å². The van der Waals surface area contributed by atoms with Crippen molar-refractivity contribution in [2.75, 3.05) is 0 Å². The maximum absolute atomic E-state index is 6.79. The lowest BCUT2D eigenvalue weighted by molar-refractivity contribution is 0.670. The van der Waals surface area contributed by atoms with Crippen LogP contribution in [0.25, 0.3) is 108 Å². The van der Waals surface area contributed by atoms with Gasteiger partial charge in [0.15, 0.2) is 0 Å². The quantitative estimate of drug-likeness (QED) is 0.173. The lowest BCUT2D eigenvalue weighted by Gasteiger charge is -2.18. The minimum Gasteiger partial charge on any atom is -0.455 e. The summed E-state index contributed by atoms with van der Waals surface area (Å²) in [6.07, 6.45) is 0. The number of benzene rings is 9. The first-order valence-electron chi connectivity index (χ1n) is 17.1. The molecule has 232 valence electrons. The molecule has 50 heavy (non-hydrogen) atoms. The molecular weight excluding hydrogens is 625 g/mol. The SMILES string of the molecule is c1ccc(-c2c3ccccc3c(-c3cccc(-c4c5oc6ccccc6c5cc5c4sc4c6ccccc6ccc54)c3)c3ccccc23)cc1. The van der Waals surface area contributed by atoms with Crippen molar-refractivity contribution in [2.24, 2.45) is 0 Å². The molecule has 9 aromatic carbocycles. The molecule has 0 amide bonds. The van der Waals surface area contributed by atoms with Gasteiger partial charge >= 0.3 is 0 Å². The van der Waals surface area contributed by atoms with Gasteiger partial charge in [-0.1, -0.05) is 152 Å². The highest BCUT2D eigenvalue weighted by molar-refractivity contribution is 7.27. The average Bonchev–Trinajstić information content (AvgIpc) is 3.74. The van der Waals surface area contributed by atoms with E-state index >= 15 is 0 Å². The summed E-state index contributed by atoms with van der Waals surface area (Å²) in [6, 6.07) is 61.8. The normalized spacial score (nSPS) is 12.0. The molecule has 0 spiro atoms. The Morgan fingerprint density at radius 1 is 0.320 bits per heavy atom. The van der Waals surface area contributed by atoms with Crippen LogP contribution in [0.15, 0.2) is 174 Å². The van der Waals surface area contributed by atoms with Crippen LogP contribution in [0.4, 0.5) is 0 Å². The molecule has 2 aromatic heterocycles. The third-order valence-electron chi connectivity index (χ3n) is 10.4. The Morgan fingerprint density at radius 3 is 1.60 bits per heavy atom. The summed E-state index contributed by atoms with van der Waals surface area (Å²) < 4.78 is 9.37. The van der Waals surface area contributed by atoms with Gasteiger partial charge in [-0.15, -0.1) is 11.3 Å². The fraction of sp³-hybridized carbons (Fsp3) is 0. The number of hydrogen-bond donors (Lipinski definition) is 0. The third-order valence-corrected chi connectivity index (χ3v) is 11.7. The van der Waals surface area contributed by atoms with Crippen molar-refractivity contribution in [3.8, 4) is 33.4 Å². The summed E-state index contributed by atoms with van der Waals surface area (Å²) in [5.41, 5.74) is 9.15. The highest BCUT2D eigenvalue weighted by Gasteiger charge is 2.22. The molecule has 0 aliphatic heterocycles. The molecule has 1 nitrogen and oxygen atoms in total. The zero-order chi connectivity index (χ0) is 32.8. The molecule has 0 fully saturated rings. The van der Waals surface area contributed by atoms with Gasteiger partial charge in [0.2, 0.25) is 0 Å². The Kier molecular flexibility index (Phi) is 5.89. The van der Waals surface area contributed by atoms with E-state index < -0.39 is 0 Å². The van der Waals surface area contributed by atoms with E-state index in [2.05, 4.69) is 170 Å². The van der Waals surface area contributed by atoms with Gasteiger partial charge in [-0.3, -0.25) is 0 Å². The van der Waals surface area contributed by atoms with E-state index in [0.717, 1.165) is 33.1 Å². The highest BCUT2D eigenvalue weighted by Crippen LogP contribution is 2.49. The lowest BCUT2D eigenvalue weighted by atomic mass is 9.85. The molecule has 0 bridgehead atoms. The average molecular weight is 653 g/mol. The second-order valence-electron chi connectivity index (χ2n) is 13.2. The Balaban J connectivity index is 1.25. The zero-order valence-corrected chi connectivity index (χ0v) is 27.8. The first-order chi connectivity index (χ1) is 24.8. The number of rotatable bonds is 3. The summed E-state index contributed by atoms with van der Waals surface area (Å²) in [5.74, 6) is 0. The van der Waals surface area contributed by atoms with Crippen LogP contribution in [0.3, 0.4) is 0 Å². The van der Waals surface area contributed by atoms with E-state index in [1.807, 2.05) is 11.3 Å². The summed E-state index contributed by atoms with van der Waals surface area (Å²) in [6.45, 7) is 0. The number of thiophene rings is 1. The van der Waals surface area contributed by atoms with E-state index in [1.54, 1.807) is 0 Å². The van der Waals surface area contributed by atoms with Crippen LogP contribution in [0.2, 0.25) is 0 Å². The van der Waals surface area contributed by atoms with Gasteiger partial charge in [-0.25, -0.2) is 0 Å². The van der Waals surface area contributed by atoms with Crippen LogP contribution in [-0.2, 0) is 0 Å².